The number of Topliss-reactive ketones (excluding diaryl/α,β-unsaturated/α-hetero) is 1. The largest absolute Gasteiger partial charge is 0.494 e. The summed E-state index contributed by atoms with van der Waals surface area (Å²) in [5.41, 5.74) is 2.73. The lowest BCUT2D eigenvalue weighted by Crippen LogP contribution is -2.16. The molecule has 38 heavy (non-hydrogen) atoms. The van der Waals surface area contributed by atoms with Crippen LogP contribution in [0.3, 0.4) is 0 Å². The van der Waals surface area contributed by atoms with Crippen LogP contribution in [0.1, 0.15) is 56.4 Å². The van der Waals surface area contributed by atoms with E-state index in [-0.39, 0.29) is 23.1 Å². The second kappa shape index (κ2) is 12.0. The van der Waals surface area contributed by atoms with Crippen LogP contribution < -0.4 is 9.47 Å². The van der Waals surface area contributed by atoms with Crippen LogP contribution in [0.15, 0.2) is 78.0 Å². The number of thioether (sulfide) groups is 1. The van der Waals surface area contributed by atoms with E-state index in [0.29, 0.717) is 33.9 Å². The molecule has 1 heterocycles. The maximum absolute atomic E-state index is 13.3. The van der Waals surface area contributed by atoms with Gasteiger partial charge in [-0.3, -0.25) is 9.36 Å². The van der Waals surface area contributed by atoms with E-state index in [0.717, 1.165) is 11.4 Å². The van der Waals surface area contributed by atoms with E-state index >= 15 is 0 Å². The quantitative estimate of drug-likeness (QED) is 0.150. The molecule has 0 radical (unpaired) electrons. The van der Waals surface area contributed by atoms with E-state index in [1.807, 2.05) is 91.2 Å². The van der Waals surface area contributed by atoms with Gasteiger partial charge >= 0.3 is 0 Å². The summed E-state index contributed by atoms with van der Waals surface area (Å²) in [5, 5.41) is 9.68. The third-order valence-electron chi connectivity index (χ3n) is 5.97. The fourth-order valence-electron chi connectivity index (χ4n) is 3.85. The Balaban J connectivity index is 1.55. The smallest absolute Gasteiger partial charge is 0.196 e. The van der Waals surface area contributed by atoms with Gasteiger partial charge in [0, 0.05) is 16.3 Å². The molecule has 4 rings (SSSR count). The second-order valence-corrected chi connectivity index (χ2v) is 11.6. The molecule has 1 unspecified atom stereocenters. The molecule has 0 aliphatic carbocycles. The van der Waals surface area contributed by atoms with Crippen LogP contribution >= 0.6 is 23.4 Å². The van der Waals surface area contributed by atoms with Crippen LogP contribution in [-0.4, -0.2) is 32.4 Å². The molecule has 0 amide bonds. The van der Waals surface area contributed by atoms with Crippen LogP contribution in [0.4, 0.5) is 0 Å². The molecule has 0 saturated carbocycles. The van der Waals surface area contributed by atoms with E-state index < -0.39 is 0 Å². The Labute approximate surface area is 233 Å². The van der Waals surface area contributed by atoms with Gasteiger partial charge in [-0.05, 0) is 73.4 Å². The minimum absolute atomic E-state index is 0.0285. The zero-order valence-corrected chi connectivity index (χ0v) is 23.8. The molecule has 0 N–H and O–H groups in total. The Bertz CT molecular complexity index is 1360. The minimum atomic E-state index is -0.370. The molecule has 198 valence electrons. The van der Waals surface area contributed by atoms with Gasteiger partial charge in [0.1, 0.15) is 18.1 Å². The van der Waals surface area contributed by atoms with Gasteiger partial charge < -0.3 is 9.47 Å². The molecule has 0 spiro atoms. The van der Waals surface area contributed by atoms with Gasteiger partial charge in [-0.15, -0.1) is 10.2 Å². The Morgan fingerprint density at radius 1 is 0.921 bits per heavy atom. The highest BCUT2D eigenvalue weighted by Gasteiger charge is 2.23. The van der Waals surface area contributed by atoms with Crippen molar-refractivity contribution in [2.45, 2.75) is 57.0 Å². The summed E-state index contributed by atoms with van der Waals surface area (Å²) in [5.74, 6) is 2.12. The van der Waals surface area contributed by atoms with E-state index in [1.54, 1.807) is 0 Å². The molecular weight excluding hydrogens is 518 g/mol. The highest BCUT2D eigenvalue weighted by atomic mass is 35.5. The summed E-state index contributed by atoms with van der Waals surface area (Å²) >= 11 is 7.50. The fourth-order valence-corrected chi connectivity index (χ4v) is 4.94. The van der Waals surface area contributed by atoms with Gasteiger partial charge in [0.15, 0.2) is 16.8 Å². The number of carbonyl (C=O) groups is 1. The highest BCUT2D eigenvalue weighted by molar-refractivity contribution is 8.00. The molecule has 3 aromatic carbocycles. The van der Waals surface area contributed by atoms with Crippen molar-refractivity contribution in [1.82, 2.24) is 14.8 Å². The molecule has 6 nitrogen and oxygen atoms in total. The Morgan fingerprint density at radius 3 is 2.11 bits per heavy atom. The van der Waals surface area contributed by atoms with Crippen LogP contribution in [0.25, 0.3) is 5.69 Å². The van der Waals surface area contributed by atoms with Crippen LogP contribution in [0.5, 0.6) is 11.5 Å². The Morgan fingerprint density at radius 2 is 1.53 bits per heavy atom. The molecule has 0 bridgehead atoms. The number of rotatable bonds is 10. The van der Waals surface area contributed by atoms with Crippen molar-refractivity contribution in [1.29, 1.82) is 0 Å². The first-order chi connectivity index (χ1) is 18.2. The predicted molar refractivity (Wildman–Crippen MR) is 153 cm³/mol. The van der Waals surface area contributed by atoms with Crippen LogP contribution in [0, 0.1) is 0 Å². The predicted octanol–water partition coefficient (Wildman–Crippen LogP) is 7.56. The van der Waals surface area contributed by atoms with Gasteiger partial charge in [0.2, 0.25) is 0 Å². The van der Waals surface area contributed by atoms with E-state index in [4.69, 9.17) is 21.1 Å². The average molecular weight is 550 g/mol. The lowest BCUT2D eigenvalue weighted by Gasteiger charge is -2.19. The summed E-state index contributed by atoms with van der Waals surface area (Å²) in [4.78, 5) is 13.3. The zero-order valence-electron chi connectivity index (χ0n) is 22.3. The van der Waals surface area contributed by atoms with Crippen molar-refractivity contribution in [2.75, 3.05) is 6.61 Å². The first-order valence-electron chi connectivity index (χ1n) is 12.5. The summed E-state index contributed by atoms with van der Waals surface area (Å²) in [6.45, 7) is 11.1. The molecule has 0 saturated heterocycles. The van der Waals surface area contributed by atoms with Gasteiger partial charge in [0.05, 0.1) is 11.9 Å². The summed E-state index contributed by atoms with van der Waals surface area (Å²) in [6.07, 6.45) is 0. The summed E-state index contributed by atoms with van der Waals surface area (Å²) < 4.78 is 13.4. The minimum Gasteiger partial charge on any atom is -0.494 e. The molecule has 0 aliphatic heterocycles. The number of ketones is 1. The molecule has 4 aromatic rings. The third-order valence-corrected chi connectivity index (χ3v) is 7.27. The number of hydrogen-bond donors (Lipinski definition) is 0. The molecule has 8 heteroatoms. The van der Waals surface area contributed by atoms with Crippen LogP contribution in [-0.2, 0) is 12.0 Å². The SMILES string of the molecule is CCOc1ccc(OCc2nnc(SC(C)C(=O)c3ccc(C(C)(C)C)cc3)n2-c2ccc(Cl)cc2)cc1. The normalized spacial score (nSPS) is 12.3. The first-order valence-corrected chi connectivity index (χ1v) is 13.8. The van der Waals surface area contributed by atoms with Gasteiger partial charge in [-0.2, -0.15) is 0 Å². The van der Waals surface area contributed by atoms with Crippen molar-refractivity contribution in [2.24, 2.45) is 0 Å². The van der Waals surface area contributed by atoms with Gasteiger partial charge in [-0.1, -0.05) is 68.4 Å². The highest BCUT2D eigenvalue weighted by Crippen LogP contribution is 2.30. The van der Waals surface area contributed by atoms with Crippen molar-refractivity contribution in [3.05, 3.63) is 94.8 Å². The monoisotopic (exact) mass is 549 g/mol. The number of nitrogens with zero attached hydrogens (tertiary/aromatic N) is 3. The fraction of sp³-hybridized carbons (Fsp3) is 0.300. The molecule has 0 fully saturated rings. The van der Waals surface area contributed by atoms with E-state index in [2.05, 4.69) is 31.0 Å². The van der Waals surface area contributed by atoms with Crippen LogP contribution in [0.2, 0.25) is 5.02 Å². The number of halogens is 1. The number of aromatic nitrogens is 3. The maximum Gasteiger partial charge on any atom is 0.196 e. The second-order valence-electron chi connectivity index (χ2n) is 9.86. The molecule has 0 aliphatic rings. The third kappa shape index (κ3) is 6.77. The van der Waals surface area contributed by atoms with Crippen molar-refractivity contribution >= 4 is 29.1 Å². The zero-order chi connectivity index (χ0) is 27.3. The van der Waals surface area contributed by atoms with Gasteiger partial charge in [0.25, 0.3) is 0 Å². The first kappa shape index (κ1) is 27.7. The molecule has 1 aromatic heterocycles. The summed E-state index contributed by atoms with van der Waals surface area (Å²) in [6, 6.07) is 22.7. The Hall–Kier alpha value is -3.29. The van der Waals surface area contributed by atoms with Crippen molar-refractivity contribution in [3.8, 4) is 17.2 Å². The van der Waals surface area contributed by atoms with Gasteiger partial charge in [-0.25, -0.2) is 0 Å². The topological polar surface area (TPSA) is 66.2 Å². The number of carbonyl (C=O) groups excluding carboxylic acids is 1. The summed E-state index contributed by atoms with van der Waals surface area (Å²) in [7, 11) is 0. The van der Waals surface area contributed by atoms with Crippen molar-refractivity contribution in [3.63, 3.8) is 0 Å². The number of benzene rings is 3. The lowest BCUT2D eigenvalue weighted by atomic mass is 9.86. The average Bonchev–Trinajstić information content (AvgIpc) is 3.30. The molecular formula is C30H32ClN3O3S. The van der Waals surface area contributed by atoms with Crippen molar-refractivity contribution < 1.29 is 14.3 Å². The number of ether oxygens (including phenoxy) is 2. The van der Waals surface area contributed by atoms with E-state index in [1.165, 1.54) is 17.3 Å². The standard InChI is InChI=1S/C30H32ClN3O3S/c1-6-36-25-15-17-26(18-16-25)37-19-27-32-33-29(34(27)24-13-11-23(31)12-14-24)38-20(2)28(35)21-7-9-22(10-8-21)30(3,4)5/h7-18,20H,6,19H2,1-5H3. The Kier molecular flexibility index (Phi) is 8.80. The van der Waals surface area contributed by atoms with E-state index in [9.17, 15) is 4.79 Å². The number of hydrogen-bond acceptors (Lipinski definition) is 6. The lowest BCUT2D eigenvalue weighted by molar-refractivity contribution is 0.0993. The maximum atomic E-state index is 13.3. The molecule has 1 atom stereocenters.